The standard InChI is InChI=1S/C13H17FN2O3/c1-19-12-10(13(15)5-3-2-4-6-13)7-9(16(17)18)8-11(12)14/h7-8H,2-6,15H2,1H3. The lowest BCUT2D eigenvalue weighted by Crippen LogP contribution is -2.39. The monoisotopic (exact) mass is 268 g/mol. The second kappa shape index (κ2) is 5.13. The summed E-state index contributed by atoms with van der Waals surface area (Å²) in [5.74, 6) is -0.711. The van der Waals surface area contributed by atoms with Crippen LogP contribution in [0.2, 0.25) is 0 Å². The van der Waals surface area contributed by atoms with Crippen molar-refractivity contribution in [1.82, 2.24) is 0 Å². The van der Waals surface area contributed by atoms with Gasteiger partial charge in [-0.25, -0.2) is 4.39 Å². The smallest absolute Gasteiger partial charge is 0.272 e. The van der Waals surface area contributed by atoms with E-state index in [1.807, 2.05) is 0 Å². The Bertz CT molecular complexity index is 499. The summed E-state index contributed by atoms with van der Waals surface area (Å²) < 4.78 is 19.0. The molecule has 1 aromatic carbocycles. The lowest BCUT2D eigenvalue weighted by molar-refractivity contribution is -0.385. The van der Waals surface area contributed by atoms with E-state index in [0.29, 0.717) is 18.4 Å². The number of benzene rings is 1. The summed E-state index contributed by atoms with van der Waals surface area (Å²) in [5.41, 5.74) is 5.70. The number of nitro groups is 1. The molecule has 0 heterocycles. The molecule has 0 unspecified atom stereocenters. The Balaban J connectivity index is 2.55. The van der Waals surface area contributed by atoms with Crippen LogP contribution in [0.3, 0.4) is 0 Å². The average Bonchev–Trinajstić information content (AvgIpc) is 2.38. The van der Waals surface area contributed by atoms with Crippen LogP contribution < -0.4 is 10.5 Å². The summed E-state index contributed by atoms with van der Waals surface area (Å²) in [6, 6.07) is 2.21. The molecule has 0 aliphatic heterocycles. The molecule has 0 atom stereocenters. The number of hydrogen-bond acceptors (Lipinski definition) is 4. The van der Waals surface area contributed by atoms with Gasteiger partial charge in [0.1, 0.15) is 0 Å². The van der Waals surface area contributed by atoms with E-state index in [2.05, 4.69) is 0 Å². The first-order valence-corrected chi connectivity index (χ1v) is 6.29. The predicted octanol–water partition coefficient (Wildman–Crippen LogP) is 2.86. The lowest BCUT2D eigenvalue weighted by Gasteiger charge is -2.34. The zero-order valence-electron chi connectivity index (χ0n) is 10.8. The van der Waals surface area contributed by atoms with Gasteiger partial charge in [0.15, 0.2) is 11.6 Å². The van der Waals surface area contributed by atoms with Crippen LogP contribution in [0.5, 0.6) is 5.75 Å². The van der Waals surface area contributed by atoms with Crippen molar-refractivity contribution >= 4 is 5.69 Å². The van der Waals surface area contributed by atoms with E-state index in [9.17, 15) is 14.5 Å². The highest BCUT2D eigenvalue weighted by Gasteiger charge is 2.35. The first kappa shape index (κ1) is 13.7. The molecule has 1 aliphatic rings. The molecular formula is C13H17FN2O3. The van der Waals surface area contributed by atoms with Gasteiger partial charge >= 0.3 is 0 Å². The molecule has 1 aromatic rings. The van der Waals surface area contributed by atoms with Crippen LogP contribution in [-0.4, -0.2) is 12.0 Å². The SMILES string of the molecule is COc1c(F)cc([N+](=O)[O-])cc1C1(N)CCCCC1. The molecule has 1 fully saturated rings. The largest absolute Gasteiger partial charge is 0.493 e. The Morgan fingerprint density at radius 1 is 1.37 bits per heavy atom. The van der Waals surface area contributed by atoms with Gasteiger partial charge < -0.3 is 10.5 Å². The summed E-state index contributed by atoms with van der Waals surface area (Å²) >= 11 is 0. The van der Waals surface area contributed by atoms with Gasteiger partial charge in [0.25, 0.3) is 5.69 Å². The van der Waals surface area contributed by atoms with E-state index < -0.39 is 16.3 Å². The Morgan fingerprint density at radius 3 is 2.53 bits per heavy atom. The lowest BCUT2D eigenvalue weighted by atomic mass is 9.77. The molecule has 1 aliphatic carbocycles. The van der Waals surface area contributed by atoms with E-state index in [4.69, 9.17) is 10.5 Å². The first-order valence-electron chi connectivity index (χ1n) is 6.29. The second-order valence-electron chi connectivity index (χ2n) is 4.98. The number of rotatable bonds is 3. The molecule has 5 nitrogen and oxygen atoms in total. The number of nitro benzene ring substituents is 1. The van der Waals surface area contributed by atoms with Gasteiger partial charge in [-0.3, -0.25) is 10.1 Å². The summed E-state index contributed by atoms with van der Waals surface area (Å²) in [6.07, 6.45) is 4.32. The summed E-state index contributed by atoms with van der Waals surface area (Å²) in [4.78, 5) is 10.2. The number of non-ortho nitro benzene ring substituents is 1. The van der Waals surface area contributed by atoms with Gasteiger partial charge in [-0.15, -0.1) is 0 Å². The molecule has 0 aromatic heterocycles. The third-order valence-corrected chi connectivity index (χ3v) is 3.73. The van der Waals surface area contributed by atoms with Gasteiger partial charge in [0, 0.05) is 17.2 Å². The molecule has 0 amide bonds. The fourth-order valence-electron chi connectivity index (χ4n) is 2.71. The molecule has 1 saturated carbocycles. The van der Waals surface area contributed by atoms with Crippen molar-refractivity contribution in [2.24, 2.45) is 5.73 Å². The van der Waals surface area contributed by atoms with Gasteiger partial charge in [-0.2, -0.15) is 0 Å². The fraction of sp³-hybridized carbons (Fsp3) is 0.538. The van der Waals surface area contributed by atoms with Crippen molar-refractivity contribution in [2.45, 2.75) is 37.6 Å². The number of ether oxygens (including phenoxy) is 1. The number of methoxy groups -OCH3 is 1. The topological polar surface area (TPSA) is 78.4 Å². The van der Waals surface area contributed by atoms with Crippen LogP contribution in [-0.2, 0) is 5.54 Å². The highest BCUT2D eigenvalue weighted by molar-refractivity contribution is 5.48. The highest BCUT2D eigenvalue weighted by atomic mass is 19.1. The molecule has 19 heavy (non-hydrogen) atoms. The maximum absolute atomic E-state index is 13.9. The summed E-state index contributed by atoms with van der Waals surface area (Å²) in [5, 5.41) is 10.8. The molecule has 0 spiro atoms. The minimum Gasteiger partial charge on any atom is -0.493 e. The van der Waals surface area contributed by atoms with Gasteiger partial charge in [0.05, 0.1) is 18.1 Å². The molecule has 104 valence electrons. The van der Waals surface area contributed by atoms with Crippen molar-refractivity contribution in [3.63, 3.8) is 0 Å². The van der Waals surface area contributed by atoms with Gasteiger partial charge in [-0.1, -0.05) is 19.3 Å². The average molecular weight is 268 g/mol. The van der Waals surface area contributed by atoms with Crippen LogP contribution in [0.4, 0.5) is 10.1 Å². The molecule has 2 rings (SSSR count). The summed E-state index contributed by atoms with van der Waals surface area (Å²) in [7, 11) is 1.35. The van der Waals surface area contributed by atoms with Crippen molar-refractivity contribution < 1.29 is 14.1 Å². The Morgan fingerprint density at radius 2 is 2.00 bits per heavy atom. The van der Waals surface area contributed by atoms with E-state index in [-0.39, 0.29) is 11.4 Å². The normalized spacial score (nSPS) is 18.1. The molecule has 0 radical (unpaired) electrons. The number of nitrogens with two attached hydrogens (primary N) is 1. The van der Waals surface area contributed by atoms with E-state index >= 15 is 0 Å². The molecular weight excluding hydrogens is 251 g/mol. The van der Waals surface area contributed by atoms with Crippen LogP contribution in [0.1, 0.15) is 37.7 Å². The number of hydrogen-bond donors (Lipinski definition) is 1. The summed E-state index contributed by atoms with van der Waals surface area (Å²) in [6.45, 7) is 0. The second-order valence-corrected chi connectivity index (χ2v) is 4.98. The highest BCUT2D eigenvalue weighted by Crippen LogP contribution is 2.41. The van der Waals surface area contributed by atoms with Crippen LogP contribution in [0.25, 0.3) is 0 Å². The van der Waals surface area contributed by atoms with Crippen molar-refractivity contribution in [1.29, 1.82) is 0 Å². The molecule has 2 N–H and O–H groups in total. The van der Waals surface area contributed by atoms with E-state index in [0.717, 1.165) is 25.3 Å². The Kier molecular flexibility index (Phi) is 3.71. The van der Waals surface area contributed by atoms with E-state index in [1.54, 1.807) is 0 Å². The van der Waals surface area contributed by atoms with E-state index in [1.165, 1.54) is 13.2 Å². The molecule has 0 saturated heterocycles. The quantitative estimate of drug-likeness (QED) is 0.675. The van der Waals surface area contributed by atoms with Crippen LogP contribution in [0, 0.1) is 15.9 Å². The maximum atomic E-state index is 13.9. The van der Waals surface area contributed by atoms with Crippen molar-refractivity contribution in [2.75, 3.05) is 7.11 Å². The third-order valence-electron chi connectivity index (χ3n) is 3.73. The number of halogens is 1. The molecule has 0 bridgehead atoms. The minimum atomic E-state index is -0.740. The van der Waals surface area contributed by atoms with Crippen molar-refractivity contribution in [3.8, 4) is 5.75 Å². The number of nitrogens with zero attached hydrogens (tertiary/aromatic N) is 1. The zero-order chi connectivity index (χ0) is 14.0. The fourth-order valence-corrected chi connectivity index (χ4v) is 2.71. The third kappa shape index (κ3) is 2.53. The Labute approximate surface area is 110 Å². The predicted molar refractivity (Wildman–Crippen MR) is 68.6 cm³/mol. The zero-order valence-corrected chi connectivity index (χ0v) is 10.8. The van der Waals surface area contributed by atoms with Crippen LogP contribution >= 0.6 is 0 Å². The first-order chi connectivity index (χ1) is 8.98. The van der Waals surface area contributed by atoms with Crippen molar-refractivity contribution in [3.05, 3.63) is 33.6 Å². The van der Waals surface area contributed by atoms with Gasteiger partial charge in [0.2, 0.25) is 0 Å². The Hall–Kier alpha value is -1.69. The molecule has 6 heteroatoms. The van der Waals surface area contributed by atoms with Crippen LogP contribution in [0.15, 0.2) is 12.1 Å². The van der Waals surface area contributed by atoms with Gasteiger partial charge in [-0.05, 0) is 12.8 Å². The minimum absolute atomic E-state index is 0.0231. The maximum Gasteiger partial charge on any atom is 0.272 e.